The van der Waals surface area contributed by atoms with Gasteiger partial charge in [-0.05, 0) is 68.7 Å². The summed E-state index contributed by atoms with van der Waals surface area (Å²) in [6.45, 7) is 15.4. The summed E-state index contributed by atoms with van der Waals surface area (Å²) in [4.78, 5) is 19.3. The molecule has 2 aliphatic heterocycles. The van der Waals surface area contributed by atoms with Gasteiger partial charge in [0.15, 0.2) is 0 Å². The zero-order chi connectivity index (χ0) is 25.3. The number of urea groups is 1. The number of fused-ring (bicyclic) bond motifs is 1. The highest BCUT2D eigenvalue weighted by Gasteiger charge is 2.38. The smallest absolute Gasteiger partial charge is 0.317 e. The van der Waals surface area contributed by atoms with E-state index in [1.807, 2.05) is 15.6 Å². The normalized spacial score (nSPS) is 25.1. The lowest BCUT2D eigenvalue weighted by atomic mass is 9.71. The lowest BCUT2D eigenvalue weighted by Crippen LogP contribution is -2.52. The quantitative estimate of drug-likeness (QED) is 0.640. The number of rotatable bonds is 6. The molecule has 5 rings (SSSR count). The molecule has 36 heavy (non-hydrogen) atoms. The minimum Gasteiger partial charge on any atom is -0.366 e. The number of nitrogens with one attached hydrogen (secondary N) is 1. The molecule has 7 heteroatoms. The molecule has 2 aromatic rings. The molecule has 2 aromatic heterocycles. The maximum Gasteiger partial charge on any atom is 0.317 e. The van der Waals surface area contributed by atoms with Gasteiger partial charge in [-0.3, -0.25) is 0 Å². The molecule has 0 spiro atoms. The lowest BCUT2D eigenvalue weighted by molar-refractivity contribution is 0.194. The maximum atomic E-state index is 12.3. The van der Waals surface area contributed by atoms with E-state index in [0.29, 0.717) is 6.04 Å². The van der Waals surface area contributed by atoms with E-state index in [1.54, 1.807) is 0 Å². The van der Waals surface area contributed by atoms with Crippen molar-refractivity contribution in [2.75, 3.05) is 50.7 Å². The van der Waals surface area contributed by atoms with Gasteiger partial charge >= 0.3 is 6.03 Å². The van der Waals surface area contributed by atoms with Crippen LogP contribution in [-0.2, 0) is 0 Å². The summed E-state index contributed by atoms with van der Waals surface area (Å²) in [6.07, 6.45) is 14.6. The Hall–Kier alpha value is -2.80. The fraction of sp³-hybridized carbons (Fsp3) is 0.586. The highest BCUT2D eigenvalue weighted by molar-refractivity contribution is 5.83. The second kappa shape index (κ2) is 10.3. The molecule has 4 heterocycles. The largest absolute Gasteiger partial charge is 0.366 e. The molecule has 0 saturated carbocycles. The number of aromatic nitrogens is 2. The van der Waals surface area contributed by atoms with Crippen LogP contribution in [0.3, 0.4) is 0 Å². The molecule has 2 fully saturated rings. The molecule has 194 valence electrons. The Morgan fingerprint density at radius 3 is 2.69 bits per heavy atom. The van der Waals surface area contributed by atoms with Crippen LogP contribution in [-0.4, -0.2) is 77.3 Å². The van der Waals surface area contributed by atoms with E-state index in [9.17, 15) is 4.79 Å². The minimum atomic E-state index is 0.0545. The summed E-state index contributed by atoms with van der Waals surface area (Å²) in [5.41, 5.74) is 5.07. The Balaban J connectivity index is 1.27. The molecular weight excluding hydrogens is 448 g/mol. The third-order valence-electron chi connectivity index (χ3n) is 8.54. The van der Waals surface area contributed by atoms with Gasteiger partial charge in [0, 0.05) is 63.3 Å². The van der Waals surface area contributed by atoms with E-state index in [-0.39, 0.29) is 11.4 Å². The van der Waals surface area contributed by atoms with Crippen LogP contribution in [0, 0.1) is 11.3 Å². The van der Waals surface area contributed by atoms with Gasteiger partial charge in [0.1, 0.15) is 0 Å². The first-order valence-electron chi connectivity index (χ1n) is 13.8. The molecule has 2 atom stereocenters. The van der Waals surface area contributed by atoms with E-state index < -0.39 is 0 Å². The highest BCUT2D eigenvalue weighted by atomic mass is 16.2. The van der Waals surface area contributed by atoms with Gasteiger partial charge in [0.2, 0.25) is 0 Å². The number of likely N-dealkylation sites (tertiary alicyclic amines) is 1. The summed E-state index contributed by atoms with van der Waals surface area (Å²) in [5, 5.41) is 7.60. The summed E-state index contributed by atoms with van der Waals surface area (Å²) in [5.74, 6) is 0.720. The van der Waals surface area contributed by atoms with Crippen LogP contribution in [0.2, 0.25) is 0 Å². The van der Waals surface area contributed by atoms with Gasteiger partial charge in [0.05, 0.1) is 11.2 Å². The average Bonchev–Trinajstić information content (AvgIpc) is 3.56. The molecule has 3 aliphatic rings. The van der Waals surface area contributed by atoms with Crippen LogP contribution in [0.1, 0.15) is 52.5 Å². The monoisotopic (exact) mass is 490 g/mol. The molecule has 0 aromatic carbocycles. The van der Waals surface area contributed by atoms with Crippen molar-refractivity contribution in [3.05, 3.63) is 48.3 Å². The Morgan fingerprint density at radius 1 is 1.22 bits per heavy atom. The lowest BCUT2D eigenvalue weighted by Gasteiger charge is -2.36. The number of anilines is 1. The number of carbonyl (C=O) groups excluding carboxylic acids is 1. The van der Waals surface area contributed by atoms with E-state index in [1.165, 1.54) is 36.3 Å². The number of allylic oxidation sites excluding steroid dienone is 4. The number of piperazine rings is 1. The van der Waals surface area contributed by atoms with Crippen LogP contribution in [0.15, 0.2) is 42.8 Å². The Kier molecular flexibility index (Phi) is 7.11. The van der Waals surface area contributed by atoms with Crippen molar-refractivity contribution in [3.8, 4) is 0 Å². The van der Waals surface area contributed by atoms with Crippen molar-refractivity contribution in [2.45, 2.75) is 53.0 Å². The number of nitrogens with zero attached hydrogens (tertiary/aromatic N) is 5. The third-order valence-corrected chi connectivity index (χ3v) is 8.54. The highest BCUT2D eigenvalue weighted by Crippen LogP contribution is 2.43. The Morgan fingerprint density at radius 2 is 2.03 bits per heavy atom. The van der Waals surface area contributed by atoms with Crippen LogP contribution >= 0.6 is 0 Å². The van der Waals surface area contributed by atoms with Crippen molar-refractivity contribution in [2.24, 2.45) is 11.3 Å². The maximum absolute atomic E-state index is 12.3. The van der Waals surface area contributed by atoms with Crippen molar-refractivity contribution in [1.82, 2.24) is 24.7 Å². The first kappa shape index (κ1) is 24.9. The fourth-order valence-corrected chi connectivity index (χ4v) is 5.98. The van der Waals surface area contributed by atoms with Crippen molar-refractivity contribution < 1.29 is 4.79 Å². The molecule has 1 unspecified atom stereocenters. The SMILES string of the molecule is CCCNC(=O)N1CCN(c2ccnn3cc(C4=CCC(C)([C@H]5CCN(C(C)C)C5)C=C4)cc23)CC1. The average molecular weight is 491 g/mol. The Bertz CT molecular complexity index is 1140. The van der Waals surface area contributed by atoms with Crippen LogP contribution < -0.4 is 10.2 Å². The molecule has 0 radical (unpaired) electrons. The topological polar surface area (TPSA) is 56.1 Å². The van der Waals surface area contributed by atoms with E-state index in [2.05, 4.69) is 84.5 Å². The van der Waals surface area contributed by atoms with Crippen LogP contribution in [0.5, 0.6) is 0 Å². The van der Waals surface area contributed by atoms with Gasteiger partial charge in [-0.25, -0.2) is 9.31 Å². The summed E-state index contributed by atoms with van der Waals surface area (Å²) in [6, 6.07) is 5.07. The van der Waals surface area contributed by atoms with Gasteiger partial charge in [0.25, 0.3) is 0 Å². The van der Waals surface area contributed by atoms with Gasteiger partial charge in [-0.2, -0.15) is 5.10 Å². The second-order valence-electron chi connectivity index (χ2n) is 11.3. The molecule has 2 saturated heterocycles. The molecule has 0 bridgehead atoms. The molecule has 7 nitrogen and oxygen atoms in total. The van der Waals surface area contributed by atoms with Crippen LogP contribution in [0.25, 0.3) is 11.1 Å². The number of hydrogen-bond acceptors (Lipinski definition) is 4. The summed E-state index contributed by atoms with van der Waals surface area (Å²) >= 11 is 0. The standard InChI is InChI=1S/C29H42N6O/c1-5-12-30-28(36)33-17-15-32(16-18-33)26-8-13-31-35-20-24(19-27(26)35)23-6-10-29(4,11-7-23)25-9-14-34(21-25)22(2)3/h6-8,10,13,19-20,22,25H,5,9,11-12,14-18,21H2,1-4H3,(H,30,36)/t25-,29?/m0/s1. The summed E-state index contributed by atoms with van der Waals surface area (Å²) < 4.78 is 2.00. The molecule has 1 aliphatic carbocycles. The van der Waals surface area contributed by atoms with Gasteiger partial charge < -0.3 is 20.0 Å². The fourth-order valence-electron chi connectivity index (χ4n) is 5.98. The zero-order valence-electron chi connectivity index (χ0n) is 22.4. The van der Waals surface area contributed by atoms with Crippen molar-refractivity contribution in [1.29, 1.82) is 0 Å². The van der Waals surface area contributed by atoms with E-state index in [0.717, 1.165) is 57.0 Å². The zero-order valence-corrected chi connectivity index (χ0v) is 22.4. The summed E-state index contributed by atoms with van der Waals surface area (Å²) in [7, 11) is 0. The van der Waals surface area contributed by atoms with Gasteiger partial charge in [-0.15, -0.1) is 0 Å². The Labute approximate surface area is 215 Å². The van der Waals surface area contributed by atoms with E-state index >= 15 is 0 Å². The number of carbonyl (C=O) groups is 1. The van der Waals surface area contributed by atoms with Gasteiger partial charge in [-0.1, -0.05) is 32.1 Å². The molecule has 2 amide bonds. The van der Waals surface area contributed by atoms with Crippen molar-refractivity contribution in [3.63, 3.8) is 0 Å². The number of amides is 2. The minimum absolute atomic E-state index is 0.0545. The molecular formula is C29H42N6O. The first-order chi connectivity index (χ1) is 17.4. The molecule has 1 N–H and O–H groups in total. The first-order valence-corrected chi connectivity index (χ1v) is 13.8. The predicted octanol–water partition coefficient (Wildman–Crippen LogP) is 4.66. The van der Waals surface area contributed by atoms with E-state index in [4.69, 9.17) is 0 Å². The number of hydrogen-bond donors (Lipinski definition) is 1. The van der Waals surface area contributed by atoms with Crippen molar-refractivity contribution >= 4 is 22.8 Å². The van der Waals surface area contributed by atoms with Crippen LogP contribution in [0.4, 0.5) is 10.5 Å². The second-order valence-corrected chi connectivity index (χ2v) is 11.3. The predicted molar refractivity (Wildman–Crippen MR) is 147 cm³/mol. The third kappa shape index (κ3) is 4.90.